The van der Waals surface area contributed by atoms with Gasteiger partial charge >= 0.3 is 0 Å². The Labute approximate surface area is 108 Å². The summed E-state index contributed by atoms with van der Waals surface area (Å²) in [5, 5.41) is 0. The molecule has 2 fully saturated rings. The maximum Gasteiger partial charge on any atom is 0.140 e. The molecule has 2 saturated heterocycles. The fourth-order valence-corrected chi connectivity index (χ4v) is 3.52. The fourth-order valence-electron chi connectivity index (χ4n) is 3.52. The summed E-state index contributed by atoms with van der Waals surface area (Å²) in [6.45, 7) is 0. The standard InChI is InChI=1S/C15H20N2O/c1-17-13-4-5-14(17)9-12(8-13)15(18)7-11-3-2-6-16-10-11/h2-3,6,10,12-14H,4-5,7-9H2,1H3. The first-order valence-electron chi connectivity index (χ1n) is 6.87. The third-order valence-electron chi connectivity index (χ3n) is 4.65. The number of Topliss-reactive ketones (excluding diaryl/α,β-unsaturated/α-hetero) is 1. The second-order valence-electron chi connectivity index (χ2n) is 5.72. The van der Waals surface area contributed by atoms with Crippen LogP contribution in [0.3, 0.4) is 0 Å². The minimum Gasteiger partial charge on any atom is -0.300 e. The molecular weight excluding hydrogens is 224 g/mol. The van der Waals surface area contributed by atoms with Crippen molar-refractivity contribution >= 4 is 5.78 Å². The third-order valence-corrected chi connectivity index (χ3v) is 4.65. The summed E-state index contributed by atoms with van der Waals surface area (Å²) in [5.74, 6) is 0.687. The Morgan fingerprint density at radius 1 is 1.39 bits per heavy atom. The van der Waals surface area contributed by atoms with E-state index in [0.717, 1.165) is 18.4 Å². The van der Waals surface area contributed by atoms with Crippen molar-refractivity contribution in [2.24, 2.45) is 5.92 Å². The molecule has 3 nitrogen and oxygen atoms in total. The van der Waals surface area contributed by atoms with E-state index >= 15 is 0 Å². The van der Waals surface area contributed by atoms with Gasteiger partial charge in [0.2, 0.25) is 0 Å². The van der Waals surface area contributed by atoms with Gasteiger partial charge in [0, 0.05) is 36.8 Å². The van der Waals surface area contributed by atoms with Crippen molar-refractivity contribution in [2.75, 3.05) is 7.05 Å². The van der Waals surface area contributed by atoms with Gasteiger partial charge in [0.15, 0.2) is 0 Å². The van der Waals surface area contributed by atoms with Gasteiger partial charge < -0.3 is 4.90 Å². The van der Waals surface area contributed by atoms with Crippen LogP contribution in [0.25, 0.3) is 0 Å². The van der Waals surface area contributed by atoms with Gasteiger partial charge in [0.1, 0.15) is 5.78 Å². The molecule has 18 heavy (non-hydrogen) atoms. The second-order valence-corrected chi connectivity index (χ2v) is 5.72. The normalized spacial score (nSPS) is 31.5. The van der Waals surface area contributed by atoms with E-state index in [4.69, 9.17) is 0 Å². The average Bonchev–Trinajstić information content (AvgIpc) is 2.63. The molecule has 1 aromatic rings. The van der Waals surface area contributed by atoms with E-state index in [-0.39, 0.29) is 5.92 Å². The summed E-state index contributed by atoms with van der Waals surface area (Å²) in [4.78, 5) is 18.9. The zero-order valence-electron chi connectivity index (χ0n) is 10.9. The molecule has 0 radical (unpaired) electrons. The van der Waals surface area contributed by atoms with Crippen LogP contribution in [-0.4, -0.2) is 34.8 Å². The van der Waals surface area contributed by atoms with Gasteiger partial charge in [-0.1, -0.05) is 6.07 Å². The molecule has 2 unspecified atom stereocenters. The highest BCUT2D eigenvalue weighted by atomic mass is 16.1. The number of ketones is 1. The maximum atomic E-state index is 12.3. The summed E-state index contributed by atoms with van der Waals surface area (Å²) in [5.41, 5.74) is 1.05. The van der Waals surface area contributed by atoms with Crippen LogP contribution in [0.4, 0.5) is 0 Å². The molecule has 0 spiro atoms. The summed E-state index contributed by atoms with van der Waals surface area (Å²) >= 11 is 0. The van der Waals surface area contributed by atoms with E-state index in [1.54, 1.807) is 6.20 Å². The number of hydrogen-bond donors (Lipinski definition) is 0. The van der Waals surface area contributed by atoms with Crippen LogP contribution in [0.5, 0.6) is 0 Å². The van der Waals surface area contributed by atoms with Crippen molar-refractivity contribution in [3.05, 3.63) is 30.1 Å². The number of pyridine rings is 1. The summed E-state index contributed by atoms with van der Waals surface area (Å²) in [7, 11) is 2.21. The lowest BCUT2D eigenvalue weighted by Crippen LogP contribution is -2.42. The Kier molecular flexibility index (Phi) is 3.16. The molecule has 0 amide bonds. The number of aromatic nitrogens is 1. The molecule has 96 valence electrons. The lowest BCUT2D eigenvalue weighted by molar-refractivity contribution is -0.124. The number of hydrogen-bond acceptors (Lipinski definition) is 3. The van der Waals surface area contributed by atoms with E-state index < -0.39 is 0 Å². The predicted octanol–water partition coefficient (Wildman–Crippen LogP) is 2.07. The highest BCUT2D eigenvalue weighted by Gasteiger charge is 2.40. The average molecular weight is 244 g/mol. The number of carbonyl (C=O) groups excluding carboxylic acids is 1. The van der Waals surface area contributed by atoms with Gasteiger partial charge in [-0.25, -0.2) is 0 Å². The Hall–Kier alpha value is -1.22. The topological polar surface area (TPSA) is 33.2 Å². The molecule has 3 heterocycles. The number of nitrogens with zero attached hydrogens (tertiary/aromatic N) is 2. The number of fused-ring (bicyclic) bond motifs is 2. The molecule has 2 aliphatic heterocycles. The van der Waals surface area contributed by atoms with Crippen molar-refractivity contribution in [3.63, 3.8) is 0 Å². The first-order valence-corrected chi connectivity index (χ1v) is 6.87. The number of carbonyl (C=O) groups is 1. The van der Waals surface area contributed by atoms with Crippen molar-refractivity contribution in [1.82, 2.24) is 9.88 Å². The fraction of sp³-hybridized carbons (Fsp3) is 0.600. The van der Waals surface area contributed by atoms with Crippen LogP contribution in [0, 0.1) is 5.92 Å². The molecule has 2 aliphatic rings. The Morgan fingerprint density at radius 2 is 2.11 bits per heavy atom. The molecule has 0 saturated carbocycles. The lowest BCUT2D eigenvalue weighted by Gasteiger charge is -2.35. The van der Waals surface area contributed by atoms with Gasteiger partial charge in [-0.3, -0.25) is 9.78 Å². The molecular formula is C15H20N2O. The van der Waals surface area contributed by atoms with Crippen LogP contribution in [0.1, 0.15) is 31.2 Å². The van der Waals surface area contributed by atoms with Crippen LogP contribution in [0.2, 0.25) is 0 Å². The van der Waals surface area contributed by atoms with Crippen molar-refractivity contribution < 1.29 is 4.79 Å². The van der Waals surface area contributed by atoms with Gasteiger partial charge in [-0.15, -0.1) is 0 Å². The smallest absolute Gasteiger partial charge is 0.140 e. The minimum absolute atomic E-state index is 0.277. The summed E-state index contributed by atoms with van der Waals surface area (Å²) in [6.07, 6.45) is 8.79. The minimum atomic E-state index is 0.277. The van der Waals surface area contributed by atoms with E-state index in [2.05, 4.69) is 16.9 Å². The molecule has 0 aliphatic carbocycles. The van der Waals surface area contributed by atoms with E-state index in [1.807, 2.05) is 18.3 Å². The number of piperidine rings is 1. The highest BCUT2D eigenvalue weighted by molar-refractivity contribution is 5.83. The van der Waals surface area contributed by atoms with Gasteiger partial charge in [0.05, 0.1) is 0 Å². The Balaban J connectivity index is 1.64. The molecule has 1 aromatic heterocycles. The highest BCUT2D eigenvalue weighted by Crippen LogP contribution is 2.37. The third kappa shape index (κ3) is 2.19. The summed E-state index contributed by atoms with van der Waals surface area (Å²) < 4.78 is 0. The monoisotopic (exact) mass is 244 g/mol. The maximum absolute atomic E-state index is 12.3. The predicted molar refractivity (Wildman–Crippen MR) is 70.2 cm³/mol. The molecule has 0 aromatic carbocycles. The second kappa shape index (κ2) is 4.81. The first-order chi connectivity index (χ1) is 8.74. The quantitative estimate of drug-likeness (QED) is 0.816. The van der Waals surface area contributed by atoms with E-state index in [1.165, 1.54) is 12.8 Å². The molecule has 2 bridgehead atoms. The zero-order valence-corrected chi connectivity index (χ0v) is 10.9. The van der Waals surface area contributed by atoms with E-state index in [0.29, 0.717) is 24.3 Å². The molecule has 0 N–H and O–H groups in total. The van der Waals surface area contributed by atoms with Crippen LogP contribution in [-0.2, 0) is 11.2 Å². The SMILES string of the molecule is CN1C2CCC1CC(C(=O)Cc1cccnc1)C2. The largest absolute Gasteiger partial charge is 0.300 e. The van der Waals surface area contributed by atoms with Crippen LogP contribution >= 0.6 is 0 Å². The Morgan fingerprint density at radius 3 is 2.72 bits per heavy atom. The van der Waals surface area contributed by atoms with Gasteiger partial charge in [-0.05, 0) is 44.4 Å². The summed E-state index contributed by atoms with van der Waals surface area (Å²) in [6, 6.07) is 5.19. The first kappa shape index (κ1) is 11.8. The van der Waals surface area contributed by atoms with Crippen LogP contribution in [0.15, 0.2) is 24.5 Å². The molecule has 3 heteroatoms. The zero-order chi connectivity index (χ0) is 12.5. The number of rotatable bonds is 3. The van der Waals surface area contributed by atoms with Crippen molar-refractivity contribution in [3.8, 4) is 0 Å². The molecule has 3 rings (SSSR count). The lowest BCUT2D eigenvalue weighted by atomic mass is 9.85. The van der Waals surface area contributed by atoms with Gasteiger partial charge in [0.25, 0.3) is 0 Å². The van der Waals surface area contributed by atoms with Gasteiger partial charge in [-0.2, -0.15) is 0 Å². The van der Waals surface area contributed by atoms with E-state index in [9.17, 15) is 4.79 Å². The molecule has 2 atom stereocenters. The van der Waals surface area contributed by atoms with Crippen molar-refractivity contribution in [1.29, 1.82) is 0 Å². The Bertz CT molecular complexity index is 417. The van der Waals surface area contributed by atoms with Crippen LogP contribution < -0.4 is 0 Å². The van der Waals surface area contributed by atoms with Crippen molar-refractivity contribution in [2.45, 2.75) is 44.2 Å².